The van der Waals surface area contributed by atoms with Crippen LogP contribution < -0.4 is 10.2 Å². The van der Waals surface area contributed by atoms with E-state index in [4.69, 9.17) is 4.74 Å². The van der Waals surface area contributed by atoms with E-state index in [0.717, 1.165) is 0 Å². The van der Waals surface area contributed by atoms with E-state index in [1.807, 2.05) is 25.7 Å². The smallest absolute Gasteiger partial charge is 0.407 e. The van der Waals surface area contributed by atoms with Crippen molar-refractivity contribution in [2.75, 3.05) is 18.0 Å². The summed E-state index contributed by atoms with van der Waals surface area (Å²) in [7, 11) is 0. The Balaban J connectivity index is 1.66. The number of ether oxygens (including phenoxy) is 1. The predicted molar refractivity (Wildman–Crippen MR) is 117 cm³/mol. The Morgan fingerprint density at radius 2 is 2.00 bits per heavy atom. The highest BCUT2D eigenvalue weighted by Crippen LogP contribution is 2.33. The second-order valence-corrected chi connectivity index (χ2v) is 8.63. The van der Waals surface area contributed by atoms with Gasteiger partial charge in [0.2, 0.25) is 0 Å². The molecule has 0 unspecified atom stereocenters. The number of fused-ring (bicyclic) bond motifs is 1. The Morgan fingerprint density at radius 3 is 2.74 bits per heavy atom. The molecule has 0 saturated carbocycles. The number of aromatic hydroxyl groups is 1. The first kappa shape index (κ1) is 20.8. The molecule has 4 rings (SSSR count). The first-order valence-corrected chi connectivity index (χ1v) is 10.2. The lowest BCUT2D eigenvalue weighted by molar-refractivity contribution is 0.0509. The van der Waals surface area contributed by atoms with Crippen LogP contribution >= 0.6 is 0 Å². The van der Waals surface area contributed by atoms with E-state index in [1.165, 1.54) is 12.1 Å². The van der Waals surface area contributed by atoms with Gasteiger partial charge in [0.05, 0.1) is 17.1 Å². The van der Waals surface area contributed by atoms with Crippen molar-refractivity contribution in [1.82, 2.24) is 15.3 Å². The van der Waals surface area contributed by atoms with Crippen molar-refractivity contribution in [3.63, 3.8) is 0 Å². The third kappa shape index (κ3) is 4.68. The first-order chi connectivity index (χ1) is 14.7. The van der Waals surface area contributed by atoms with Gasteiger partial charge in [0.1, 0.15) is 23.0 Å². The Hall–Kier alpha value is -3.42. The molecule has 1 fully saturated rings. The second kappa shape index (κ2) is 8.02. The van der Waals surface area contributed by atoms with Gasteiger partial charge in [-0.05, 0) is 57.5 Å². The van der Waals surface area contributed by atoms with Crippen molar-refractivity contribution in [2.45, 2.75) is 38.8 Å². The zero-order chi connectivity index (χ0) is 22.2. The lowest BCUT2D eigenvalue weighted by atomic mass is 10.1. The molecule has 31 heavy (non-hydrogen) atoms. The molecule has 2 heterocycles. The SMILES string of the molecule is CC(C)(C)OC(=O)N[C@@H]1CCN(c2nc(-c3ccccc3O)nc3ccc(F)cc23)C1. The molecule has 1 amide bonds. The molecule has 0 radical (unpaired) electrons. The van der Waals surface area contributed by atoms with Gasteiger partial charge < -0.3 is 20.1 Å². The number of hydrogen-bond acceptors (Lipinski definition) is 6. The minimum Gasteiger partial charge on any atom is -0.507 e. The van der Waals surface area contributed by atoms with Gasteiger partial charge in [-0.15, -0.1) is 0 Å². The zero-order valence-corrected chi connectivity index (χ0v) is 17.7. The molecule has 2 N–H and O–H groups in total. The minimum absolute atomic E-state index is 0.0702. The van der Waals surface area contributed by atoms with Gasteiger partial charge in [0.15, 0.2) is 5.82 Å². The number of carbonyl (C=O) groups excluding carboxylic acids is 1. The van der Waals surface area contributed by atoms with Gasteiger partial charge in [-0.1, -0.05) is 12.1 Å². The summed E-state index contributed by atoms with van der Waals surface area (Å²) >= 11 is 0. The van der Waals surface area contributed by atoms with Crippen molar-refractivity contribution in [1.29, 1.82) is 0 Å². The van der Waals surface area contributed by atoms with E-state index >= 15 is 0 Å². The highest BCUT2D eigenvalue weighted by atomic mass is 19.1. The van der Waals surface area contributed by atoms with E-state index in [1.54, 1.807) is 30.3 Å². The predicted octanol–water partition coefficient (Wildman–Crippen LogP) is 4.24. The monoisotopic (exact) mass is 424 g/mol. The second-order valence-electron chi connectivity index (χ2n) is 8.63. The van der Waals surface area contributed by atoms with Gasteiger partial charge in [-0.2, -0.15) is 0 Å². The number of carbonyl (C=O) groups is 1. The highest BCUT2D eigenvalue weighted by Gasteiger charge is 2.28. The number of nitrogens with one attached hydrogen (secondary N) is 1. The first-order valence-electron chi connectivity index (χ1n) is 10.2. The summed E-state index contributed by atoms with van der Waals surface area (Å²) in [5.41, 5.74) is 0.501. The standard InChI is InChI=1S/C23H25FN4O3/c1-23(2,3)31-22(30)25-15-10-11-28(13-15)21-17-12-14(24)8-9-18(17)26-20(27-21)16-6-4-5-7-19(16)29/h4-9,12,15,29H,10-11,13H2,1-3H3,(H,25,30)/t15-/m1/s1. The van der Waals surface area contributed by atoms with Crippen LogP contribution in [-0.2, 0) is 4.74 Å². The normalized spacial score (nSPS) is 16.5. The van der Waals surface area contributed by atoms with Crippen LogP contribution in [0.2, 0.25) is 0 Å². The Morgan fingerprint density at radius 1 is 1.23 bits per heavy atom. The van der Waals surface area contributed by atoms with Gasteiger partial charge in [0.25, 0.3) is 0 Å². The Labute approximate surface area is 179 Å². The molecule has 0 spiro atoms. The molecular weight excluding hydrogens is 399 g/mol. The maximum atomic E-state index is 14.0. The molecule has 7 nitrogen and oxygen atoms in total. The number of para-hydroxylation sites is 1. The summed E-state index contributed by atoms with van der Waals surface area (Å²) in [6.45, 7) is 6.58. The number of phenolic OH excluding ortho intramolecular Hbond substituents is 1. The Kier molecular flexibility index (Phi) is 5.39. The van der Waals surface area contributed by atoms with E-state index in [9.17, 15) is 14.3 Å². The van der Waals surface area contributed by atoms with Gasteiger partial charge >= 0.3 is 6.09 Å². The number of phenols is 1. The van der Waals surface area contributed by atoms with Crippen LogP contribution in [0, 0.1) is 5.82 Å². The van der Waals surface area contributed by atoms with Crippen LogP contribution in [0.5, 0.6) is 5.75 Å². The number of amides is 1. The number of aromatic nitrogens is 2. The number of benzene rings is 2. The largest absolute Gasteiger partial charge is 0.507 e. The molecule has 1 atom stereocenters. The van der Waals surface area contributed by atoms with Crippen molar-refractivity contribution in [3.05, 3.63) is 48.3 Å². The van der Waals surface area contributed by atoms with Crippen molar-refractivity contribution < 1.29 is 19.0 Å². The summed E-state index contributed by atoms with van der Waals surface area (Å²) < 4.78 is 19.4. The van der Waals surface area contributed by atoms with Crippen LogP contribution in [0.15, 0.2) is 42.5 Å². The summed E-state index contributed by atoms with van der Waals surface area (Å²) in [6, 6.07) is 11.1. The number of halogens is 1. The fourth-order valence-corrected chi connectivity index (χ4v) is 3.65. The number of hydrogen-bond donors (Lipinski definition) is 2. The average Bonchev–Trinajstić information content (AvgIpc) is 3.14. The summed E-state index contributed by atoms with van der Waals surface area (Å²) in [5.74, 6) is 0.614. The third-order valence-electron chi connectivity index (χ3n) is 4.99. The molecule has 8 heteroatoms. The van der Waals surface area contributed by atoms with Gasteiger partial charge in [0, 0.05) is 18.5 Å². The number of rotatable bonds is 3. The van der Waals surface area contributed by atoms with Crippen molar-refractivity contribution in [2.24, 2.45) is 0 Å². The molecule has 0 bridgehead atoms. The van der Waals surface area contributed by atoms with Crippen LogP contribution in [0.4, 0.5) is 15.0 Å². The molecule has 2 aromatic carbocycles. The molecular formula is C23H25FN4O3. The molecule has 162 valence electrons. The van der Waals surface area contributed by atoms with Crippen LogP contribution in [0.3, 0.4) is 0 Å². The quantitative estimate of drug-likeness (QED) is 0.654. The van der Waals surface area contributed by atoms with Gasteiger partial charge in [-0.3, -0.25) is 0 Å². The average molecular weight is 424 g/mol. The maximum absolute atomic E-state index is 14.0. The molecule has 1 saturated heterocycles. The van der Waals surface area contributed by atoms with Crippen molar-refractivity contribution >= 4 is 22.8 Å². The molecule has 1 aliphatic rings. The highest BCUT2D eigenvalue weighted by molar-refractivity contribution is 5.91. The number of anilines is 1. The molecule has 1 aromatic heterocycles. The van der Waals surface area contributed by atoms with Gasteiger partial charge in [-0.25, -0.2) is 19.2 Å². The molecule has 1 aliphatic heterocycles. The molecule has 3 aromatic rings. The van der Waals surface area contributed by atoms with Crippen LogP contribution in [0.25, 0.3) is 22.3 Å². The van der Waals surface area contributed by atoms with E-state index in [0.29, 0.717) is 47.6 Å². The maximum Gasteiger partial charge on any atom is 0.407 e. The van der Waals surface area contributed by atoms with E-state index in [2.05, 4.69) is 15.3 Å². The zero-order valence-electron chi connectivity index (χ0n) is 17.7. The lowest BCUT2D eigenvalue weighted by Crippen LogP contribution is -2.40. The minimum atomic E-state index is -0.574. The van der Waals surface area contributed by atoms with E-state index in [-0.39, 0.29) is 17.6 Å². The van der Waals surface area contributed by atoms with Crippen LogP contribution in [-0.4, -0.2) is 45.9 Å². The summed E-state index contributed by atoms with van der Waals surface area (Å²) in [5, 5.41) is 13.7. The van der Waals surface area contributed by atoms with Crippen molar-refractivity contribution in [3.8, 4) is 17.1 Å². The number of alkyl carbamates (subject to hydrolysis) is 1. The Bertz CT molecular complexity index is 1130. The summed E-state index contributed by atoms with van der Waals surface area (Å²) in [4.78, 5) is 23.3. The number of nitrogens with zero attached hydrogens (tertiary/aromatic N) is 3. The fraction of sp³-hybridized carbons (Fsp3) is 0.348. The van der Waals surface area contributed by atoms with Crippen LogP contribution in [0.1, 0.15) is 27.2 Å². The summed E-state index contributed by atoms with van der Waals surface area (Å²) in [6.07, 6.45) is 0.235. The molecule has 0 aliphatic carbocycles. The lowest BCUT2D eigenvalue weighted by Gasteiger charge is -2.23. The fourth-order valence-electron chi connectivity index (χ4n) is 3.65. The third-order valence-corrected chi connectivity index (χ3v) is 4.99. The topological polar surface area (TPSA) is 87.6 Å². The van der Waals surface area contributed by atoms with E-state index < -0.39 is 11.7 Å².